The molecule has 4 nitrogen and oxygen atoms in total. The lowest BCUT2D eigenvalue weighted by atomic mass is 9.70. The molecule has 228 valence electrons. The molecular formula is C45H28N4. The molecule has 0 amide bonds. The van der Waals surface area contributed by atoms with Gasteiger partial charge >= 0.3 is 0 Å². The third-order valence-corrected chi connectivity index (χ3v) is 10.3. The van der Waals surface area contributed by atoms with Crippen LogP contribution in [0.1, 0.15) is 22.3 Å². The van der Waals surface area contributed by atoms with Crippen molar-refractivity contribution in [2.45, 2.75) is 5.41 Å². The van der Waals surface area contributed by atoms with Crippen molar-refractivity contribution in [3.05, 3.63) is 193 Å². The minimum Gasteiger partial charge on any atom is -0.265 e. The predicted octanol–water partition coefficient (Wildman–Crippen LogP) is 10.3. The lowest BCUT2D eigenvalue weighted by Crippen LogP contribution is -2.26. The summed E-state index contributed by atoms with van der Waals surface area (Å²) < 4.78 is 0. The van der Waals surface area contributed by atoms with Crippen molar-refractivity contribution in [1.82, 2.24) is 19.9 Å². The number of hydrogen-bond acceptors (Lipinski definition) is 4. The third kappa shape index (κ3) is 4.11. The molecular weight excluding hydrogens is 597 g/mol. The molecule has 0 N–H and O–H groups in total. The van der Waals surface area contributed by atoms with E-state index in [4.69, 9.17) is 0 Å². The van der Waals surface area contributed by atoms with E-state index >= 15 is 0 Å². The van der Waals surface area contributed by atoms with Crippen LogP contribution in [-0.4, -0.2) is 19.9 Å². The van der Waals surface area contributed by atoms with Crippen LogP contribution in [0.25, 0.3) is 66.8 Å². The van der Waals surface area contributed by atoms with Crippen molar-refractivity contribution < 1.29 is 0 Å². The van der Waals surface area contributed by atoms with E-state index in [2.05, 4.69) is 117 Å². The standard InChI is InChI=1S/C45H28N4/c1-3-7-41-37(5-1)38-6-2-4-8-42(38)45(41)43-23-31(35-21-33(25-48-27-35)29-13-17-46-18-14-29)9-11-39(43)40-12-10-32(24-44(40)45)36-22-34(26-49-28-36)30-15-19-47-20-16-30/h1-28H. The number of nitrogens with zero attached hydrogens (tertiary/aromatic N) is 4. The highest BCUT2D eigenvalue weighted by molar-refractivity contribution is 5.97. The lowest BCUT2D eigenvalue weighted by molar-refractivity contribution is 0.794. The maximum Gasteiger partial charge on any atom is 0.0725 e. The molecule has 49 heavy (non-hydrogen) atoms. The van der Waals surface area contributed by atoms with Gasteiger partial charge in [-0.3, -0.25) is 19.9 Å². The molecule has 0 radical (unpaired) electrons. The zero-order valence-electron chi connectivity index (χ0n) is 26.5. The normalized spacial score (nSPS) is 13.1. The topological polar surface area (TPSA) is 51.6 Å². The van der Waals surface area contributed by atoms with Gasteiger partial charge in [0.1, 0.15) is 0 Å². The fraction of sp³-hybridized carbons (Fsp3) is 0.0222. The van der Waals surface area contributed by atoms with Gasteiger partial charge in [0.25, 0.3) is 0 Å². The fourth-order valence-electron chi connectivity index (χ4n) is 8.10. The van der Waals surface area contributed by atoms with Gasteiger partial charge in [-0.05, 0) is 115 Å². The van der Waals surface area contributed by atoms with E-state index in [9.17, 15) is 0 Å². The Morgan fingerprint density at radius 2 is 0.673 bits per heavy atom. The van der Waals surface area contributed by atoms with Crippen LogP contribution in [-0.2, 0) is 5.41 Å². The van der Waals surface area contributed by atoms with E-state index in [0.717, 1.165) is 44.5 Å². The second-order valence-corrected chi connectivity index (χ2v) is 12.8. The first-order chi connectivity index (χ1) is 24.3. The zero-order chi connectivity index (χ0) is 32.4. The highest BCUT2D eigenvalue weighted by Crippen LogP contribution is 2.63. The van der Waals surface area contributed by atoms with E-state index in [1.807, 2.05) is 73.8 Å². The molecule has 4 heterocycles. The number of rotatable bonds is 4. The molecule has 0 bridgehead atoms. The molecule has 0 aliphatic heterocycles. The molecule has 0 unspecified atom stereocenters. The van der Waals surface area contributed by atoms with Gasteiger partial charge in [0.2, 0.25) is 0 Å². The van der Waals surface area contributed by atoms with E-state index < -0.39 is 5.41 Å². The maximum absolute atomic E-state index is 4.68. The highest BCUT2D eigenvalue weighted by Gasteiger charge is 2.51. The van der Waals surface area contributed by atoms with Gasteiger partial charge in [0.05, 0.1) is 5.41 Å². The number of fused-ring (bicyclic) bond motifs is 10. The highest BCUT2D eigenvalue weighted by atomic mass is 14.6. The maximum atomic E-state index is 4.68. The second-order valence-electron chi connectivity index (χ2n) is 12.8. The molecule has 0 saturated heterocycles. The SMILES string of the molecule is c1ccc2c(c1)-c1ccccc1C21c2cc(-c3cncc(-c4ccncc4)c3)ccc2-c2ccc(-c3cncc(-c4ccncc4)c3)cc21. The first-order valence-electron chi connectivity index (χ1n) is 16.5. The summed E-state index contributed by atoms with van der Waals surface area (Å²) in [6, 6.07) is 44.4. The Balaban J connectivity index is 1.21. The van der Waals surface area contributed by atoms with Crippen LogP contribution in [0, 0.1) is 0 Å². The summed E-state index contributed by atoms with van der Waals surface area (Å²) in [4.78, 5) is 17.8. The lowest BCUT2D eigenvalue weighted by Gasteiger charge is -2.31. The number of benzene rings is 4. The summed E-state index contributed by atoms with van der Waals surface area (Å²) in [5, 5.41) is 0. The van der Waals surface area contributed by atoms with Gasteiger partial charge in [-0.25, -0.2) is 0 Å². The molecule has 10 rings (SSSR count). The van der Waals surface area contributed by atoms with Crippen LogP contribution in [0.5, 0.6) is 0 Å². The van der Waals surface area contributed by atoms with Gasteiger partial charge in [-0.1, -0.05) is 72.8 Å². The average Bonchev–Trinajstić information content (AvgIpc) is 3.65. The fourth-order valence-corrected chi connectivity index (χ4v) is 8.10. The molecule has 2 aliphatic rings. The Bertz CT molecular complexity index is 2380. The van der Waals surface area contributed by atoms with Gasteiger partial charge in [0, 0.05) is 71.8 Å². The van der Waals surface area contributed by atoms with Gasteiger partial charge < -0.3 is 0 Å². The van der Waals surface area contributed by atoms with Gasteiger partial charge in [0.15, 0.2) is 0 Å². The van der Waals surface area contributed by atoms with Crippen molar-refractivity contribution >= 4 is 0 Å². The quantitative estimate of drug-likeness (QED) is 0.196. The molecule has 8 aromatic rings. The molecule has 0 fully saturated rings. The first kappa shape index (κ1) is 27.6. The minimum absolute atomic E-state index is 0.476. The Hall–Kier alpha value is -6.52. The van der Waals surface area contributed by atoms with Crippen LogP contribution in [0.4, 0.5) is 0 Å². The van der Waals surface area contributed by atoms with Gasteiger partial charge in [-0.2, -0.15) is 0 Å². The molecule has 1 spiro atoms. The van der Waals surface area contributed by atoms with Crippen molar-refractivity contribution in [2.75, 3.05) is 0 Å². The second kappa shape index (κ2) is 10.8. The summed E-state index contributed by atoms with van der Waals surface area (Å²) in [7, 11) is 0. The van der Waals surface area contributed by atoms with E-state index in [1.165, 1.54) is 44.5 Å². The molecule has 4 aromatic heterocycles. The Morgan fingerprint density at radius 1 is 0.286 bits per heavy atom. The van der Waals surface area contributed by atoms with Crippen LogP contribution < -0.4 is 0 Å². The first-order valence-corrected chi connectivity index (χ1v) is 16.5. The Kier molecular flexibility index (Phi) is 6.06. The molecule has 0 saturated carbocycles. The number of aromatic nitrogens is 4. The Morgan fingerprint density at radius 3 is 1.12 bits per heavy atom. The smallest absolute Gasteiger partial charge is 0.0725 e. The zero-order valence-corrected chi connectivity index (χ0v) is 26.5. The minimum atomic E-state index is -0.476. The number of pyridine rings is 4. The van der Waals surface area contributed by atoms with Crippen LogP contribution in [0.3, 0.4) is 0 Å². The third-order valence-electron chi connectivity index (χ3n) is 10.3. The molecule has 2 aliphatic carbocycles. The van der Waals surface area contributed by atoms with E-state index in [0.29, 0.717) is 0 Å². The summed E-state index contributed by atoms with van der Waals surface area (Å²) in [6.45, 7) is 0. The summed E-state index contributed by atoms with van der Waals surface area (Å²) in [5.41, 5.74) is 18.7. The van der Waals surface area contributed by atoms with Crippen molar-refractivity contribution in [1.29, 1.82) is 0 Å². The summed E-state index contributed by atoms with van der Waals surface area (Å²) >= 11 is 0. The van der Waals surface area contributed by atoms with Crippen LogP contribution >= 0.6 is 0 Å². The molecule has 4 heteroatoms. The van der Waals surface area contributed by atoms with Crippen molar-refractivity contribution in [3.63, 3.8) is 0 Å². The monoisotopic (exact) mass is 624 g/mol. The predicted molar refractivity (Wildman–Crippen MR) is 196 cm³/mol. The summed E-state index contributed by atoms with van der Waals surface area (Å²) in [5.74, 6) is 0. The van der Waals surface area contributed by atoms with E-state index in [-0.39, 0.29) is 0 Å². The van der Waals surface area contributed by atoms with Crippen LogP contribution in [0.15, 0.2) is 171 Å². The summed E-state index contributed by atoms with van der Waals surface area (Å²) in [6.07, 6.45) is 15.1. The molecule has 4 aromatic carbocycles. The largest absolute Gasteiger partial charge is 0.265 e. The number of hydrogen-bond donors (Lipinski definition) is 0. The average molecular weight is 625 g/mol. The molecule has 0 atom stereocenters. The Labute approximate surface area is 284 Å². The van der Waals surface area contributed by atoms with Gasteiger partial charge in [-0.15, -0.1) is 0 Å². The van der Waals surface area contributed by atoms with Crippen LogP contribution in [0.2, 0.25) is 0 Å². The van der Waals surface area contributed by atoms with Crippen molar-refractivity contribution in [3.8, 4) is 66.8 Å². The van der Waals surface area contributed by atoms with Crippen molar-refractivity contribution in [2.24, 2.45) is 0 Å². The van der Waals surface area contributed by atoms with E-state index in [1.54, 1.807) is 0 Å².